The van der Waals surface area contributed by atoms with E-state index in [1.807, 2.05) is 25.1 Å². The Morgan fingerprint density at radius 2 is 2.29 bits per heavy atom. The van der Waals surface area contributed by atoms with E-state index in [9.17, 15) is 4.79 Å². The average Bonchev–Trinajstić information content (AvgIpc) is 2.14. The first-order chi connectivity index (χ1) is 6.65. The first-order valence-corrected chi connectivity index (χ1v) is 5.33. The zero-order valence-corrected chi connectivity index (χ0v) is 9.41. The Morgan fingerprint density at radius 3 is 2.86 bits per heavy atom. The number of halogens is 1. The van der Waals surface area contributed by atoms with Crippen LogP contribution >= 0.6 is 15.9 Å². The van der Waals surface area contributed by atoms with Gasteiger partial charge in [-0.1, -0.05) is 45.8 Å². The Bertz CT molecular complexity index is 370. The first-order valence-electron chi connectivity index (χ1n) is 4.21. The van der Waals surface area contributed by atoms with Crippen LogP contribution in [0, 0.1) is 6.92 Å². The number of aryl methyl sites for hydroxylation is 1. The highest BCUT2D eigenvalue weighted by Gasteiger charge is 2.06. The summed E-state index contributed by atoms with van der Waals surface area (Å²) in [5.74, 6) is -0.890. The third kappa shape index (κ3) is 2.70. The molecule has 0 bridgehead atoms. The van der Waals surface area contributed by atoms with Crippen molar-refractivity contribution < 1.29 is 9.90 Å². The number of alkyl halides is 1. The molecule has 0 saturated carbocycles. The van der Waals surface area contributed by atoms with Gasteiger partial charge in [-0.2, -0.15) is 0 Å². The topological polar surface area (TPSA) is 37.3 Å². The van der Waals surface area contributed by atoms with Gasteiger partial charge in [0.15, 0.2) is 0 Å². The Morgan fingerprint density at radius 1 is 1.57 bits per heavy atom. The number of allylic oxidation sites excluding steroid dienone is 1. The van der Waals surface area contributed by atoms with Gasteiger partial charge in [-0.15, -0.1) is 0 Å². The molecule has 1 aromatic rings. The Labute approximate surface area is 91.4 Å². The summed E-state index contributed by atoms with van der Waals surface area (Å²) in [5, 5.41) is 9.63. The number of hydrogen-bond donors (Lipinski definition) is 1. The van der Waals surface area contributed by atoms with Gasteiger partial charge in [0, 0.05) is 5.33 Å². The lowest BCUT2D eigenvalue weighted by molar-refractivity contribution is 0.0696. The minimum atomic E-state index is -0.890. The SMILES string of the molecule is Cc1ccc(C(=O)O)c(C=CCBr)c1. The van der Waals surface area contributed by atoms with Crippen molar-refractivity contribution in [2.45, 2.75) is 6.92 Å². The molecule has 0 saturated heterocycles. The van der Waals surface area contributed by atoms with E-state index in [1.165, 1.54) is 0 Å². The molecule has 0 aliphatic heterocycles. The Balaban J connectivity index is 3.15. The number of carboxylic acids is 1. The summed E-state index contributed by atoms with van der Waals surface area (Å²) in [5.41, 5.74) is 2.15. The molecule has 14 heavy (non-hydrogen) atoms. The highest BCUT2D eigenvalue weighted by Crippen LogP contribution is 2.13. The van der Waals surface area contributed by atoms with Crippen molar-refractivity contribution in [2.24, 2.45) is 0 Å². The Kier molecular flexibility index (Phi) is 3.89. The third-order valence-electron chi connectivity index (χ3n) is 1.82. The minimum absolute atomic E-state index is 0.341. The lowest BCUT2D eigenvalue weighted by atomic mass is 10.0. The first kappa shape index (κ1) is 11.0. The molecular weight excluding hydrogens is 244 g/mol. The maximum atomic E-state index is 10.9. The van der Waals surface area contributed by atoms with E-state index in [1.54, 1.807) is 12.1 Å². The molecule has 3 heteroatoms. The summed E-state index contributed by atoms with van der Waals surface area (Å²) >= 11 is 3.25. The normalized spacial score (nSPS) is 10.7. The molecule has 74 valence electrons. The van der Waals surface area contributed by atoms with Crippen molar-refractivity contribution in [3.05, 3.63) is 41.0 Å². The van der Waals surface area contributed by atoms with E-state index in [4.69, 9.17) is 5.11 Å². The van der Waals surface area contributed by atoms with Crippen LogP contribution in [0.15, 0.2) is 24.3 Å². The summed E-state index contributed by atoms with van der Waals surface area (Å²) in [6.07, 6.45) is 3.69. The summed E-state index contributed by atoms with van der Waals surface area (Å²) in [4.78, 5) is 10.9. The number of carboxylic acid groups (broad SMARTS) is 1. The maximum Gasteiger partial charge on any atom is 0.336 e. The van der Waals surface area contributed by atoms with E-state index in [2.05, 4.69) is 15.9 Å². The van der Waals surface area contributed by atoms with Crippen molar-refractivity contribution in [3.8, 4) is 0 Å². The van der Waals surface area contributed by atoms with Crippen LogP contribution in [0.3, 0.4) is 0 Å². The highest BCUT2D eigenvalue weighted by atomic mass is 79.9. The molecule has 1 rings (SSSR count). The molecule has 0 spiro atoms. The van der Waals surface area contributed by atoms with Gasteiger partial charge in [0.25, 0.3) is 0 Å². The summed E-state index contributed by atoms with van der Waals surface area (Å²) in [7, 11) is 0. The van der Waals surface area contributed by atoms with E-state index < -0.39 is 5.97 Å². The molecular formula is C11H11BrO2. The average molecular weight is 255 g/mol. The number of benzene rings is 1. The second kappa shape index (κ2) is 4.96. The molecule has 2 nitrogen and oxygen atoms in total. The van der Waals surface area contributed by atoms with Crippen molar-refractivity contribution in [3.63, 3.8) is 0 Å². The van der Waals surface area contributed by atoms with Crippen molar-refractivity contribution in [1.29, 1.82) is 0 Å². The fourth-order valence-corrected chi connectivity index (χ4v) is 1.37. The van der Waals surface area contributed by atoms with Gasteiger partial charge >= 0.3 is 5.97 Å². The summed E-state index contributed by atoms with van der Waals surface area (Å²) in [6.45, 7) is 1.94. The van der Waals surface area contributed by atoms with Crippen molar-refractivity contribution in [2.75, 3.05) is 5.33 Å². The molecule has 0 aliphatic rings. The largest absolute Gasteiger partial charge is 0.478 e. The van der Waals surface area contributed by atoms with E-state index >= 15 is 0 Å². The smallest absolute Gasteiger partial charge is 0.336 e. The molecule has 1 N–H and O–H groups in total. The molecule has 0 aromatic heterocycles. The zero-order chi connectivity index (χ0) is 10.6. The highest BCUT2D eigenvalue weighted by molar-refractivity contribution is 9.09. The van der Waals surface area contributed by atoms with Crippen LogP contribution in [0.1, 0.15) is 21.5 Å². The number of hydrogen-bond acceptors (Lipinski definition) is 1. The van der Waals surface area contributed by atoms with Crippen molar-refractivity contribution >= 4 is 28.0 Å². The maximum absolute atomic E-state index is 10.9. The van der Waals surface area contributed by atoms with Crippen LogP contribution in [0.25, 0.3) is 6.08 Å². The van der Waals surface area contributed by atoms with Crippen LogP contribution in [0.5, 0.6) is 0 Å². The molecule has 0 heterocycles. The second-order valence-electron chi connectivity index (χ2n) is 2.95. The molecule has 0 atom stereocenters. The fraction of sp³-hybridized carbons (Fsp3) is 0.182. The monoisotopic (exact) mass is 254 g/mol. The minimum Gasteiger partial charge on any atom is -0.478 e. The number of aromatic carboxylic acids is 1. The van der Waals surface area contributed by atoms with Crippen LogP contribution < -0.4 is 0 Å². The van der Waals surface area contributed by atoms with Gasteiger partial charge in [0.1, 0.15) is 0 Å². The fourth-order valence-electron chi connectivity index (χ4n) is 1.19. The molecule has 0 aliphatic carbocycles. The number of rotatable bonds is 3. The van der Waals surface area contributed by atoms with E-state index in [0.717, 1.165) is 16.5 Å². The Hall–Kier alpha value is -1.09. The van der Waals surface area contributed by atoms with Crippen LogP contribution in [-0.4, -0.2) is 16.4 Å². The van der Waals surface area contributed by atoms with Gasteiger partial charge in [0.2, 0.25) is 0 Å². The van der Waals surface area contributed by atoms with E-state index in [0.29, 0.717) is 5.56 Å². The standard InChI is InChI=1S/C11H11BrO2/c1-8-4-5-10(11(13)14)9(7-8)3-2-6-12/h2-5,7H,6H2,1H3,(H,13,14). The predicted molar refractivity (Wildman–Crippen MR) is 61.0 cm³/mol. The molecule has 0 fully saturated rings. The molecule has 0 amide bonds. The van der Waals surface area contributed by atoms with Crippen LogP contribution in [0.2, 0.25) is 0 Å². The van der Waals surface area contributed by atoms with Gasteiger partial charge in [0.05, 0.1) is 5.56 Å². The lowest BCUT2D eigenvalue weighted by Crippen LogP contribution is -1.99. The van der Waals surface area contributed by atoms with Gasteiger partial charge < -0.3 is 5.11 Å². The summed E-state index contributed by atoms with van der Waals surface area (Å²) < 4.78 is 0. The molecule has 0 radical (unpaired) electrons. The molecule has 1 aromatic carbocycles. The third-order valence-corrected chi connectivity index (χ3v) is 2.20. The predicted octanol–water partition coefficient (Wildman–Crippen LogP) is 3.10. The molecule has 0 unspecified atom stereocenters. The van der Waals surface area contributed by atoms with Gasteiger partial charge in [-0.05, 0) is 18.6 Å². The van der Waals surface area contributed by atoms with Gasteiger partial charge in [-0.3, -0.25) is 0 Å². The summed E-state index contributed by atoms with van der Waals surface area (Å²) in [6, 6.07) is 5.29. The van der Waals surface area contributed by atoms with Gasteiger partial charge in [-0.25, -0.2) is 4.79 Å². The zero-order valence-electron chi connectivity index (χ0n) is 7.83. The number of carbonyl (C=O) groups is 1. The van der Waals surface area contributed by atoms with Crippen LogP contribution in [-0.2, 0) is 0 Å². The second-order valence-corrected chi connectivity index (χ2v) is 3.60. The van der Waals surface area contributed by atoms with Crippen molar-refractivity contribution in [1.82, 2.24) is 0 Å². The lowest BCUT2D eigenvalue weighted by Gasteiger charge is -2.02. The van der Waals surface area contributed by atoms with Crippen LogP contribution in [0.4, 0.5) is 0 Å². The quantitative estimate of drug-likeness (QED) is 0.842. The van der Waals surface area contributed by atoms with E-state index in [-0.39, 0.29) is 0 Å².